The molecule has 2 rings (SSSR count). The van der Waals surface area contributed by atoms with Crippen LogP contribution in [-0.2, 0) is 6.54 Å². The molecule has 1 heterocycles. The average molecular weight is 338 g/mol. The molecule has 0 bridgehead atoms. The summed E-state index contributed by atoms with van der Waals surface area (Å²) in [6, 6.07) is 7.64. The van der Waals surface area contributed by atoms with Gasteiger partial charge in [0.25, 0.3) is 0 Å². The Morgan fingerprint density at radius 1 is 1.45 bits per heavy atom. The average Bonchev–Trinajstić information content (AvgIpc) is 2.40. The number of hydrogen-bond acceptors (Lipinski definition) is 6. The van der Waals surface area contributed by atoms with E-state index in [0.29, 0.717) is 6.54 Å². The van der Waals surface area contributed by atoms with Gasteiger partial charge < -0.3 is 10.6 Å². The van der Waals surface area contributed by atoms with Crippen LogP contribution in [0.2, 0.25) is 0 Å². The van der Waals surface area contributed by atoms with E-state index in [1.165, 1.54) is 0 Å². The van der Waals surface area contributed by atoms with Crippen molar-refractivity contribution < 1.29 is 4.92 Å². The lowest BCUT2D eigenvalue weighted by Gasteiger charge is -2.18. The van der Waals surface area contributed by atoms with Crippen molar-refractivity contribution in [1.29, 1.82) is 0 Å². The van der Waals surface area contributed by atoms with E-state index in [1.807, 2.05) is 24.3 Å². The summed E-state index contributed by atoms with van der Waals surface area (Å²) in [7, 11) is 1.72. The molecule has 0 atom stereocenters. The Balaban J connectivity index is 2.34. The number of halogens is 1. The van der Waals surface area contributed by atoms with Crippen LogP contribution in [0.1, 0.15) is 5.56 Å². The van der Waals surface area contributed by atoms with E-state index in [9.17, 15) is 10.1 Å². The zero-order valence-electron chi connectivity index (χ0n) is 10.7. The summed E-state index contributed by atoms with van der Waals surface area (Å²) < 4.78 is 0.927. The standard InChI is InChI=1S/C12H12BrN5O2/c1-17(7-8-4-2-3-5-9(8)13)11-10(18(19)20)6-15-12(14)16-11/h2-6H,7H2,1H3,(H2,14,15,16). The highest BCUT2D eigenvalue weighted by molar-refractivity contribution is 9.10. The smallest absolute Gasteiger partial charge is 0.329 e. The fraction of sp³-hybridized carbons (Fsp3) is 0.167. The summed E-state index contributed by atoms with van der Waals surface area (Å²) in [4.78, 5) is 19.8. The normalized spacial score (nSPS) is 10.3. The molecular formula is C12H12BrN5O2. The molecule has 0 fully saturated rings. The summed E-state index contributed by atoms with van der Waals surface area (Å²) in [5.74, 6) is 0.197. The third-order valence-corrected chi connectivity index (χ3v) is 3.47. The number of rotatable bonds is 4. The Hall–Kier alpha value is -2.22. The number of hydrogen-bond donors (Lipinski definition) is 1. The Kier molecular flexibility index (Phi) is 4.14. The Bertz CT molecular complexity index is 649. The zero-order valence-corrected chi connectivity index (χ0v) is 12.2. The van der Waals surface area contributed by atoms with Crippen molar-refractivity contribution in [3.63, 3.8) is 0 Å². The van der Waals surface area contributed by atoms with Crippen LogP contribution in [0.15, 0.2) is 34.9 Å². The van der Waals surface area contributed by atoms with Gasteiger partial charge in [0.15, 0.2) is 0 Å². The zero-order chi connectivity index (χ0) is 14.7. The number of benzene rings is 1. The Morgan fingerprint density at radius 3 is 2.80 bits per heavy atom. The summed E-state index contributed by atoms with van der Waals surface area (Å²) >= 11 is 3.44. The molecule has 0 unspecified atom stereocenters. The van der Waals surface area contributed by atoms with E-state index in [4.69, 9.17) is 5.73 Å². The van der Waals surface area contributed by atoms with Gasteiger partial charge in [0.2, 0.25) is 11.8 Å². The van der Waals surface area contributed by atoms with Crippen molar-refractivity contribution in [2.24, 2.45) is 0 Å². The fourth-order valence-electron chi connectivity index (χ4n) is 1.75. The third-order valence-electron chi connectivity index (χ3n) is 2.69. The van der Waals surface area contributed by atoms with Gasteiger partial charge in [0, 0.05) is 18.1 Å². The number of aromatic nitrogens is 2. The first-order valence-electron chi connectivity index (χ1n) is 5.70. The molecule has 0 saturated heterocycles. The first-order chi connectivity index (χ1) is 9.49. The highest BCUT2D eigenvalue weighted by atomic mass is 79.9. The molecule has 1 aromatic heterocycles. The van der Waals surface area contributed by atoms with E-state index in [2.05, 4.69) is 25.9 Å². The molecule has 0 spiro atoms. The molecule has 2 N–H and O–H groups in total. The molecule has 0 aliphatic heterocycles. The van der Waals surface area contributed by atoms with Gasteiger partial charge in [-0.1, -0.05) is 34.1 Å². The molecule has 0 amide bonds. The van der Waals surface area contributed by atoms with Gasteiger partial charge in [0.1, 0.15) is 6.20 Å². The van der Waals surface area contributed by atoms with Crippen LogP contribution in [0.3, 0.4) is 0 Å². The van der Waals surface area contributed by atoms with E-state index in [-0.39, 0.29) is 17.5 Å². The minimum absolute atomic E-state index is 0.00424. The van der Waals surface area contributed by atoms with Crippen LogP contribution in [-0.4, -0.2) is 21.9 Å². The van der Waals surface area contributed by atoms with E-state index < -0.39 is 4.92 Å². The predicted octanol–water partition coefficient (Wildman–Crippen LogP) is 2.37. The molecule has 2 aromatic rings. The summed E-state index contributed by atoms with van der Waals surface area (Å²) in [6.45, 7) is 0.457. The minimum Gasteiger partial charge on any atom is -0.368 e. The Morgan fingerprint density at radius 2 is 2.15 bits per heavy atom. The van der Waals surface area contributed by atoms with Gasteiger partial charge in [-0.15, -0.1) is 0 Å². The molecule has 20 heavy (non-hydrogen) atoms. The number of nitrogens with zero attached hydrogens (tertiary/aromatic N) is 4. The van der Waals surface area contributed by atoms with Gasteiger partial charge in [-0.2, -0.15) is 4.98 Å². The maximum atomic E-state index is 11.0. The first-order valence-corrected chi connectivity index (χ1v) is 6.50. The maximum absolute atomic E-state index is 11.0. The lowest BCUT2D eigenvalue weighted by molar-refractivity contribution is -0.384. The van der Waals surface area contributed by atoms with Gasteiger partial charge in [0.05, 0.1) is 4.92 Å². The van der Waals surface area contributed by atoms with E-state index in [0.717, 1.165) is 16.2 Å². The fourth-order valence-corrected chi connectivity index (χ4v) is 2.16. The van der Waals surface area contributed by atoms with Crippen molar-refractivity contribution >= 4 is 33.4 Å². The van der Waals surface area contributed by atoms with Crippen molar-refractivity contribution in [2.45, 2.75) is 6.54 Å². The summed E-state index contributed by atoms with van der Waals surface area (Å²) in [6.07, 6.45) is 1.12. The summed E-state index contributed by atoms with van der Waals surface area (Å²) in [5.41, 5.74) is 6.32. The minimum atomic E-state index is -0.523. The van der Waals surface area contributed by atoms with E-state index >= 15 is 0 Å². The SMILES string of the molecule is CN(Cc1ccccc1Br)c1nc(N)ncc1[N+](=O)[O-]. The van der Waals surface area contributed by atoms with Crippen molar-refractivity contribution in [2.75, 3.05) is 17.7 Å². The quantitative estimate of drug-likeness (QED) is 0.679. The second kappa shape index (κ2) is 5.83. The molecule has 0 radical (unpaired) electrons. The maximum Gasteiger partial charge on any atom is 0.329 e. The monoisotopic (exact) mass is 337 g/mol. The highest BCUT2D eigenvalue weighted by Gasteiger charge is 2.20. The second-order valence-corrected chi connectivity index (χ2v) is 5.00. The van der Waals surface area contributed by atoms with E-state index in [1.54, 1.807) is 11.9 Å². The van der Waals surface area contributed by atoms with Crippen molar-refractivity contribution in [3.8, 4) is 0 Å². The third kappa shape index (κ3) is 3.02. The molecule has 0 aliphatic rings. The lowest BCUT2D eigenvalue weighted by Crippen LogP contribution is -2.20. The van der Waals surface area contributed by atoms with Crippen molar-refractivity contribution in [3.05, 3.63) is 50.6 Å². The molecule has 104 valence electrons. The van der Waals surface area contributed by atoms with Gasteiger partial charge in [-0.3, -0.25) is 10.1 Å². The van der Waals surface area contributed by atoms with Crippen LogP contribution in [0.25, 0.3) is 0 Å². The molecule has 0 aliphatic carbocycles. The molecular weight excluding hydrogens is 326 g/mol. The van der Waals surface area contributed by atoms with Gasteiger partial charge >= 0.3 is 5.69 Å². The lowest BCUT2D eigenvalue weighted by atomic mass is 10.2. The Labute approximate surface area is 123 Å². The van der Waals surface area contributed by atoms with Gasteiger partial charge in [-0.05, 0) is 11.6 Å². The molecule has 7 nitrogen and oxygen atoms in total. The number of nitro groups is 1. The molecule has 1 aromatic carbocycles. The number of anilines is 2. The van der Waals surface area contributed by atoms with Crippen LogP contribution in [0.5, 0.6) is 0 Å². The second-order valence-electron chi connectivity index (χ2n) is 4.14. The summed E-state index contributed by atoms with van der Waals surface area (Å²) in [5, 5.41) is 11.0. The molecule has 0 saturated carbocycles. The molecule has 8 heteroatoms. The van der Waals surface area contributed by atoms with Crippen molar-refractivity contribution in [1.82, 2.24) is 9.97 Å². The van der Waals surface area contributed by atoms with Crippen LogP contribution >= 0.6 is 15.9 Å². The first kappa shape index (κ1) is 14.2. The number of nitrogens with two attached hydrogens (primary N) is 1. The van der Waals surface area contributed by atoms with Gasteiger partial charge in [-0.25, -0.2) is 4.98 Å². The highest BCUT2D eigenvalue weighted by Crippen LogP contribution is 2.27. The van der Waals surface area contributed by atoms with Crippen LogP contribution in [0, 0.1) is 10.1 Å². The topological polar surface area (TPSA) is 98.2 Å². The van der Waals surface area contributed by atoms with Crippen LogP contribution < -0.4 is 10.6 Å². The number of nitrogen functional groups attached to an aromatic ring is 1. The van der Waals surface area contributed by atoms with Crippen LogP contribution in [0.4, 0.5) is 17.5 Å². The largest absolute Gasteiger partial charge is 0.368 e. The predicted molar refractivity (Wildman–Crippen MR) is 79.3 cm³/mol.